The first-order valence-corrected chi connectivity index (χ1v) is 9.67. The largest absolute Gasteiger partial charge is 0.481 e. The number of hydrogen-bond acceptors (Lipinski definition) is 7. The van der Waals surface area contributed by atoms with Crippen LogP contribution >= 0.6 is 0 Å². The molecular weight excluding hydrogens is 372 g/mol. The Labute approximate surface area is 173 Å². The molecule has 2 rings (SSSR count). The van der Waals surface area contributed by atoms with Crippen LogP contribution in [0.3, 0.4) is 0 Å². The van der Waals surface area contributed by atoms with Gasteiger partial charge in [-0.3, -0.25) is 15.0 Å². The minimum atomic E-state index is -0.424. The molecule has 0 aliphatic rings. The SMILES string of the molecule is CCN(C(C)C)C(C)C.COc1cc(OC)nc(Cc2ccccc2[N+](=O)[O-])n1. The van der Waals surface area contributed by atoms with E-state index >= 15 is 0 Å². The summed E-state index contributed by atoms with van der Waals surface area (Å²) < 4.78 is 10.1. The number of nitro benzene ring substituents is 1. The Kier molecular flexibility index (Phi) is 10.0. The monoisotopic (exact) mass is 404 g/mol. The molecule has 8 nitrogen and oxygen atoms in total. The summed E-state index contributed by atoms with van der Waals surface area (Å²) in [7, 11) is 2.97. The normalized spacial score (nSPS) is 10.7. The van der Waals surface area contributed by atoms with Crippen LogP contribution in [0.1, 0.15) is 46.0 Å². The van der Waals surface area contributed by atoms with Gasteiger partial charge in [0.1, 0.15) is 5.82 Å². The van der Waals surface area contributed by atoms with Crippen molar-refractivity contribution in [3.63, 3.8) is 0 Å². The summed E-state index contributed by atoms with van der Waals surface area (Å²) in [4.78, 5) is 21.3. The van der Waals surface area contributed by atoms with Gasteiger partial charge in [-0.25, -0.2) is 0 Å². The zero-order chi connectivity index (χ0) is 22.0. The fraction of sp³-hybridized carbons (Fsp3) is 0.524. The van der Waals surface area contributed by atoms with Crippen molar-refractivity contribution < 1.29 is 14.4 Å². The van der Waals surface area contributed by atoms with Crippen LogP contribution in [-0.2, 0) is 6.42 Å². The number of methoxy groups -OCH3 is 2. The second kappa shape index (κ2) is 12.0. The minimum absolute atomic E-state index is 0.0397. The van der Waals surface area contributed by atoms with Gasteiger partial charge in [0.05, 0.1) is 25.2 Å². The number of rotatable bonds is 8. The molecule has 29 heavy (non-hydrogen) atoms. The third kappa shape index (κ3) is 7.65. The lowest BCUT2D eigenvalue weighted by Crippen LogP contribution is -2.36. The fourth-order valence-electron chi connectivity index (χ4n) is 3.07. The van der Waals surface area contributed by atoms with E-state index in [0.29, 0.717) is 35.2 Å². The molecule has 0 amide bonds. The van der Waals surface area contributed by atoms with Crippen LogP contribution in [-0.4, -0.2) is 52.6 Å². The van der Waals surface area contributed by atoms with Gasteiger partial charge in [-0.15, -0.1) is 0 Å². The summed E-state index contributed by atoms with van der Waals surface area (Å²) in [6, 6.07) is 9.40. The molecule has 0 atom stereocenters. The highest BCUT2D eigenvalue weighted by atomic mass is 16.6. The van der Waals surface area contributed by atoms with Gasteiger partial charge in [0.2, 0.25) is 11.8 Å². The van der Waals surface area contributed by atoms with E-state index < -0.39 is 4.92 Å². The fourth-order valence-corrected chi connectivity index (χ4v) is 3.07. The van der Waals surface area contributed by atoms with Gasteiger partial charge >= 0.3 is 0 Å². The van der Waals surface area contributed by atoms with Crippen molar-refractivity contribution in [3.05, 3.63) is 51.8 Å². The smallest absolute Gasteiger partial charge is 0.273 e. The Morgan fingerprint density at radius 2 is 1.55 bits per heavy atom. The van der Waals surface area contributed by atoms with Crippen LogP contribution in [0.4, 0.5) is 5.69 Å². The van der Waals surface area contributed by atoms with E-state index in [0.717, 1.165) is 6.54 Å². The van der Waals surface area contributed by atoms with Gasteiger partial charge in [-0.05, 0) is 34.2 Å². The molecule has 0 saturated heterocycles. The Balaban J connectivity index is 0.000000396. The highest BCUT2D eigenvalue weighted by Crippen LogP contribution is 2.22. The van der Waals surface area contributed by atoms with Crippen molar-refractivity contribution in [2.45, 2.75) is 53.1 Å². The van der Waals surface area contributed by atoms with Gasteiger partial charge in [-0.2, -0.15) is 9.97 Å². The predicted octanol–water partition coefficient (Wildman–Crippen LogP) is 4.12. The molecule has 2 aromatic rings. The number of nitrogens with zero attached hydrogens (tertiary/aromatic N) is 4. The molecule has 0 fully saturated rings. The van der Waals surface area contributed by atoms with Crippen LogP contribution < -0.4 is 9.47 Å². The van der Waals surface area contributed by atoms with Gasteiger partial charge < -0.3 is 9.47 Å². The topological polar surface area (TPSA) is 90.6 Å². The maximum absolute atomic E-state index is 11.0. The average Bonchev–Trinajstić information content (AvgIpc) is 2.68. The van der Waals surface area contributed by atoms with E-state index in [9.17, 15) is 10.1 Å². The highest BCUT2D eigenvalue weighted by molar-refractivity contribution is 5.41. The number of ether oxygens (including phenoxy) is 2. The summed E-state index contributed by atoms with van der Waals surface area (Å²) in [6.45, 7) is 12.3. The molecule has 1 aromatic carbocycles. The first-order chi connectivity index (χ1) is 13.7. The molecule has 0 aliphatic heterocycles. The summed E-state index contributed by atoms with van der Waals surface area (Å²) in [5.74, 6) is 1.10. The molecule has 0 bridgehead atoms. The van der Waals surface area contributed by atoms with Crippen molar-refractivity contribution in [3.8, 4) is 11.8 Å². The zero-order valence-corrected chi connectivity index (χ0v) is 18.4. The molecule has 0 unspecified atom stereocenters. The van der Waals surface area contributed by atoms with E-state index in [1.54, 1.807) is 24.3 Å². The summed E-state index contributed by atoms with van der Waals surface area (Å²) >= 11 is 0. The standard InChI is InChI=1S/C13H13N3O4.C8H19N/c1-19-12-8-13(20-2)15-11(14-12)7-9-5-3-4-6-10(9)16(17)18;1-6-9(7(2)3)8(4)5/h3-6,8H,7H2,1-2H3;7-8H,6H2,1-5H3. The lowest BCUT2D eigenvalue weighted by atomic mass is 10.1. The second-order valence-electron chi connectivity index (χ2n) is 6.95. The Bertz CT molecular complexity index is 751. The van der Waals surface area contributed by atoms with Crippen molar-refractivity contribution >= 4 is 5.69 Å². The number of para-hydroxylation sites is 1. The summed E-state index contributed by atoms with van der Waals surface area (Å²) in [6.07, 6.45) is 0.227. The average molecular weight is 405 g/mol. The molecule has 0 spiro atoms. The molecule has 0 saturated carbocycles. The first kappa shape index (κ1) is 24.3. The second-order valence-corrected chi connectivity index (χ2v) is 6.95. The van der Waals surface area contributed by atoms with Crippen LogP contribution in [0.5, 0.6) is 11.8 Å². The van der Waals surface area contributed by atoms with Crippen molar-refractivity contribution in [2.24, 2.45) is 0 Å². The quantitative estimate of drug-likeness (QED) is 0.483. The molecule has 1 heterocycles. The van der Waals surface area contributed by atoms with E-state index in [4.69, 9.17) is 9.47 Å². The molecule has 8 heteroatoms. The van der Waals surface area contributed by atoms with E-state index in [2.05, 4.69) is 49.5 Å². The first-order valence-electron chi connectivity index (χ1n) is 9.67. The van der Waals surface area contributed by atoms with E-state index in [1.807, 2.05) is 0 Å². The molecule has 0 aliphatic carbocycles. The maximum atomic E-state index is 11.0. The van der Waals surface area contributed by atoms with E-state index in [1.165, 1.54) is 20.3 Å². The maximum Gasteiger partial charge on any atom is 0.273 e. The Hall–Kier alpha value is -2.74. The predicted molar refractivity (Wildman–Crippen MR) is 114 cm³/mol. The van der Waals surface area contributed by atoms with Gasteiger partial charge in [0.15, 0.2) is 0 Å². The Morgan fingerprint density at radius 1 is 1.03 bits per heavy atom. The van der Waals surface area contributed by atoms with Crippen LogP contribution in [0.2, 0.25) is 0 Å². The van der Waals surface area contributed by atoms with Gasteiger partial charge in [-0.1, -0.05) is 25.1 Å². The number of hydrogen-bond donors (Lipinski definition) is 0. The zero-order valence-electron chi connectivity index (χ0n) is 18.4. The van der Waals surface area contributed by atoms with Crippen molar-refractivity contribution in [1.82, 2.24) is 14.9 Å². The van der Waals surface area contributed by atoms with Crippen LogP contribution in [0.15, 0.2) is 30.3 Å². The lowest BCUT2D eigenvalue weighted by Gasteiger charge is -2.28. The molecular formula is C21H32N4O4. The Morgan fingerprint density at radius 3 is 1.93 bits per heavy atom. The summed E-state index contributed by atoms with van der Waals surface area (Å²) in [5.41, 5.74) is 0.575. The molecule has 160 valence electrons. The summed E-state index contributed by atoms with van der Waals surface area (Å²) in [5, 5.41) is 11.0. The van der Waals surface area contributed by atoms with Crippen LogP contribution in [0.25, 0.3) is 0 Å². The van der Waals surface area contributed by atoms with E-state index in [-0.39, 0.29) is 12.1 Å². The number of benzene rings is 1. The third-order valence-electron chi connectivity index (χ3n) is 4.37. The number of nitro groups is 1. The highest BCUT2D eigenvalue weighted by Gasteiger charge is 2.15. The van der Waals surface area contributed by atoms with Gasteiger partial charge in [0.25, 0.3) is 5.69 Å². The minimum Gasteiger partial charge on any atom is -0.481 e. The van der Waals surface area contributed by atoms with Crippen molar-refractivity contribution in [1.29, 1.82) is 0 Å². The third-order valence-corrected chi connectivity index (χ3v) is 4.37. The molecule has 1 aromatic heterocycles. The lowest BCUT2D eigenvalue weighted by molar-refractivity contribution is -0.385. The van der Waals surface area contributed by atoms with Crippen molar-refractivity contribution in [2.75, 3.05) is 20.8 Å². The number of aromatic nitrogens is 2. The molecule has 0 N–H and O–H groups in total. The molecule has 0 radical (unpaired) electrons. The van der Waals surface area contributed by atoms with Crippen LogP contribution in [0, 0.1) is 10.1 Å². The van der Waals surface area contributed by atoms with Gasteiger partial charge in [0, 0.05) is 30.1 Å².